The highest BCUT2D eigenvalue weighted by molar-refractivity contribution is 5.53. The lowest BCUT2D eigenvalue weighted by Crippen LogP contribution is -1.98. The molecule has 0 spiro atoms. The van der Waals surface area contributed by atoms with E-state index in [1.165, 1.54) is 6.39 Å². The van der Waals surface area contributed by atoms with Gasteiger partial charge in [0.2, 0.25) is 12.3 Å². The quantitative estimate of drug-likeness (QED) is 0.691. The van der Waals surface area contributed by atoms with Crippen molar-refractivity contribution in [1.82, 2.24) is 20.3 Å². The van der Waals surface area contributed by atoms with Crippen molar-refractivity contribution in [2.24, 2.45) is 5.92 Å². The predicted molar refractivity (Wildman–Crippen MR) is 76.9 cm³/mol. The second-order valence-corrected chi connectivity index (χ2v) is 5.26. The first-order valence-corrected chi connectivity index (χ1v) is 7.01. The Balaban J connectivity index is 1.58. The smallest absolute Gasteiger partial charge is 0.264 e. The molecule has 22 heavy (non-hydrogen) atoms. The summed E-state index contributed by atoms with van der Waals surface area (Å²) in [6, 6.07) is 7.34. The molecule has 0 fully saturated rings. The number of benzene rings is 1. The Labute approximate surface area is 127 Å². The van der Waals surface area contributed by atoms with Crippen molar-refractivity contribution in [1.29, 1.82) is 0 Å². The number of hydrogen-bond donors (Lipinski definition) is 0. The van der Waals surface area contributed by atoms with Crippen molar-refractivity contribution >= 4 is 0 Å². The molecule has 7 heteroatoms. The van der Waals surface area contributed by atoms with Gasteiger partial charge in [-0.05, 0) is 30.2 Å². The van der Waals surface area contributed by atoms with Gasteiger partial charge in [0.05, 0.1) is 0 Å². The standard InChI is InChI=1S/C15H16N4O3/c1-10(2)7-13-17-14(22-19-13)8-20-12-5-3-11(4-6-12)15-18-16-9-21-15/h3-6,9-10H,7-8H2,1-2H3. The number of rotatable bonds is 6. The van der Waals surface area contributed by atoms with Gasteiger partial charge in [0, 0.05) is 12.0 Å². The summed E-state index contributed by atoms with van der Waals surface area (Å²) in [5.74, 6) is 2.84. The van der Waals surface area contributed by atoms with Crippen LogP contribution in [0.25, 0.3) is 11.5 Å². The molecule has 0 radical (unpaired) electrons. The van der Waals surface area contributed by atoms with Crippen LogP contribution in [0.15, 0.2) is 39.6 Å². The maximum atomic E-state index is 5.62. The lowest BCUT2D eigenvalue weighted by Gasteiger charge is -2.03. The average molecular weight is 300 g/mol. The highest BCUT2D eigenvalue weighted by atomic mass is 16.5. The summed E-state index contributed by atoms with van der Waals surface area (Å²) in [5, 5.41) is 11.4. The monoisotopic (exact) mass is 300 g/mol. The van der Waals surface area contributed by atoms with Crippen molar-refractivity contribution in [3.05, 3.63) is 42.4 Å². The SMILES string of the molecule is CC(C)Cc1noc(COc2ccc(-c3nnco3)cc2)n1. The maximum absolute atomic E-state index is 5.62. The summed E-state index contributed by atoms with van der Waals surface area (Å²) in [7, 11) is 0. The molecular formula is C15H16N4O3. The van der Waals surface area contributed by atoms with Crippen LogP contribution in [0.1, 0.15) is 25.6 Å². The van der Waals surface area contributed by atoms with Gasteiger partial charge in [0.25, 0.3) is 5.89 Å². The highest BCUT2D eigenvalue weighted by Crippen LogP contribution is 2.20. The largest absolute Gasteiger partial charge is 0.484 e. The van der Waals surface area contributed by atoms with E-state index in [-0.39, 0.29) is 6.61 Å². The van der Waals surface area contributed by atoms with E-state index in [2.05, 4.69) is 34.2 Å². The second kappa shape index (κ2) is 6.38. The minimum atomic E-state index is 0.241. The fourth-order valence-electron chi connectivity index (χ4n) is 1.93. The van der Waals surface area contributed by atoms with E-state index in [1.54, 1.807) is 0 Å². The Kier molecular flexibility index (Phi) is 4.13. The molecule has 0 saturated carbocycles. The predicted octanol–water partition coefficient (Wildman–Crippen LogP) is 2.90. The third-order valence-corrected chi connectivity index (χ3v) is 2.92. The topological polar surface area (TPSA) is 87.1 Å². The molecule has 7 nitrogen and oxygen atoms in total. The highest BCUT2D eigenvalue weighted by Gasteiger charge is 2.09. The Morgan fingerprint density at radius 1 is 1.18 bits per heavy atom. The summed E-state index contributed by atoms with van der Waals surface area (Å²) >= 11 is 0. The lowest BCUT2D eigenvalue weighted by atomic mass is 10.1. The molecule has 3 aromatic rings. The van der Waals surface area contributed by atoms with Crippen molar-refractivity contribution in [2.75, 3.05) is 0 Å². The average Bonchev–Trinajstić information content (AvgIpc) is 3.17. The van der Waals surface area contributed by atoms with E-state index >= 15 is 0 Å². The zero-order chi connectivity index (χ0) is 15.4. The summed E-state index contributed by atoms with van der Waals surface area (Å²) in [5.41, 5.74) is 0.835. The van der Waals surface area contributed by atoms with Crippen LogP contribution in [0.3, 0.4) is 0 Å². The number of aromatic nitrogens is 4. The molecule has 1 aromatic carbocycles. The first-order chi connectivity index (χ1) is 10.7. The molecule has 0 bridgehead atoms. The van der Waals surface area contributed by atoms with Crippen LogP contribution < -0.4 is 4.74 Å². The normalized spacial score (nSPS) is 11.0. The van der Waals surface area contributed by atoms with Gasteiger partial charge in [-0.2, -0.15) is 4.98 Å². The molecule has 0 N–H and O–H groups in total. The van der Waals surface area contributed by atoms with Gasteiger partial charge in [-0.25, -0.2) is 0 Å². The molecule has 0 aliphatic rings. The molecular weight excluding hydrogens is 284 g/mol. The lowest BCUT2D eigenvalue weighted by molar-refractivity contribution is 0.242. The van der Waals surface area contributed by atoms with Gasteiger partial charge in [-0.3, -0.25) is 0 Å². The van der Waals surface area contributed by atoms with Crippen LogP contribution in [-0.2, 0) is 13.0 Å². The zero-order valence-corrected chi connectivity index (χ0v) is 12.4. The third kappa shape index (κ3) is 3.49. The van der Waals surface area contributed by atoms with Crippen LogP contribution in [0.4, 0.5) is 0 Å². The van der Waals surface area contributed by atoms with Gasteiger partial charge in [0.15, 0.2) is 12.4 Å². The Hall–Kier alpha value is -2.70. The Morgan fingerprint density at radius 3 is 2.68 bits per heavy atom. The second-order valence-electron chi connectivity index (χ2n) is 5.26. The van der Waals surface area contributed by atoms with Crippen LogP contribution in [0.2, 0.25) is 0 Å². The first-order valence-electron chi connectivity index (χ1n) is 7.01. The molecule has 0 saturated heterocycles. The van der Waals surface area contributed by atoms with E-state index in [4.69, 9.17) is 13.7 Å². The molecule has 0 unspecified atom stereocenters. The van der Waals surface area contributed by atoms with E-state index in [9.17, 15) is 0 Å². The van der Waals surface area contributed by atoms with Crippen LogP contribution >= 0.6 is 0 Å². The van der Waals surface area contributed by atoms with Crippen molar-refractivity contribution in [3.8, 4) is 17.2 Å². The minimum Gasteiger partial charge on any atom is -0.484 e. The zero-order valence-electron chi connectivity index (χ0n) is 12.4. The Morgan fingerprint density at radius 2 is 2.00 bits per heavy atom. The van der Waals surface area contributed by atoms with E-state index in [0.717, 1.165) is 12.0 Å². The number of hydrogen-bond acceptors (Lipinski definition) is 7. The number of nitrogens with zero attached hydrogens (tertiary/aromatic N) is 4. The van der Waals surface area contributed by atoms with Crippen molar-refractivity contribution < 1.29 is 13.7 Å². The van der Waals surface area contributed by atoms with E-state index in [1.807, 2.05) is 24.3 Å². The summed E-state index contributed by atoms with van der Waals surface area (Å²) < 4.78 is 15.9. The van der Waals surface area contributed by atoms with Gasteiger partial charge in [0.1, 0.15) is 5.75 Å². The molecule has 0 atom stereocenters. The van der Waals surface area contributed by atoms with Gasteiger partial charge < -0.3 is 13.7 Å². The fourth-order valence-corrected chi connectivity index (χ4v) is 1.93. The van der Waals surface area contributed by atoms with Gasteiger partial charge >= 0.3 is 0 Å². The van der Waals surface area contributed by atoms with Crippen molar-refractivity contribution in [2.45, 2.75) is 26.9 Å². The van der Waals surface area contributed by atoms with Crippen LogP contribution in [0, 0.1) is 5.92 Å². The van der Waals surface area contributed by atoms with Crippen LogP contribution in [-0.4, -0.2) is 20.3 Å². The molecule has 0 aliphatic heterocycles. The Bertz CT molecular complexity index is 705. The number of ether oxygens (including phenoxy) is 1. The van der Waals surface area contributed by atoms with Crippen LogP contribution in [0.5, 0.6) is 5.75 Å². The summed E-state index contributed by atoms with van der Waals surface area (Å²) in [6.07, 6.45) is 2.09. The fraction of sp³-hybridized carbons (Fsp3) is 0.333. The maximum Gasteiger partial charge on any atom is 0.264 e. The summed E-state index contributed by atoms with van der Waals surface area (Å²) in [6.45, 7) is 4.46. The van der Waals surface area contributed by atoms with Crippen molar-refractivity contribution in [3.63, 3.8) is 0 Å². The third-order valence-electron chi connectivity index (χ3n) is 2.92. The van der Waals surface area contributed by atoms with Gasteiger partial charge in [-0.15, -0.1) is 10.2 Å². The molecule has 3 rings (SSSR count). The molecule has 0 amide bonds. The van der Waals surface area contributed by atoms with E-state index in [0.29, 0.717) is 29.3 Å². The molecule has 114 valence electrons. The minimum absolute atomic E-state index is 0.241. The first kappa shape index (κ1) is 14.2. The molecule has 0 aliphatic carbocycles. The van der Waals surface area contributed by atoms with E-state index < -0.39 is 0 Å². The summed E-state index contributed by atoms with van der Waals surface area (Å²) in [4.78, 5) is 4.29. The molecule has 2 aromatic heterocycles. The molecule has 2 heterocycles. The van der Waals surface area contributed by atoms with Gasteiger partial charge in [-0.1, -0.05) is 19.0 Å².